The van der Waals surface area contributed by atoms with Crippen molar-refractivity contribution in [3.8, 4) is 28.4 Å². The van der Waals surface area contributed by atoms with Crippen LogP contribution in [0.5, 0.6) is 11.5 Å². The number of aromatic nitrogens is 3. The predicted octanol–water partition coefficient (Wildman–Crippen LogP) is 3.89. The Kier molecular flexibility index (Phi) is 4.56. The van der Waals surface area contributed by atoms with Gasteiger partial charge in [0.2, 0.25) is 6.79 Å². The highest BCUT2D eigenvalue weighted by Crippen LogP contribution is 2.36. The van der Waals surface area contributed by atoms with Crippen molar-refractivity contribution in [3.05, 3.63) is 75.9 Å². The van der Waals surface area contributed by atoms with Gasteiger partial charge >= 0.3 is 0 Å². The Labute approximate surface area is 178 Å². The third kappa shape index (κ3) is 3.69. The molecule has 0 spiro atoms. The number of nitro benzene ring substituents is 1. The van der Waals surface area contributed by atoms with Gasteiger partial charge in [-0.05, 0) is 36.4 Å². The molecule has 0 fully saturated rings. The van der Waals surface area contributed by atoms with Gasteiger partial charge in [0.05, 0.1) is 16.3 Å². The monoisotopic (exact) mass is 435 g/mol. The van der Waals surface area contributed by atoms with Crippen LogP contribution in [0.15, 0.2) is 60.1 Å². The zero-order chi connectivity index (χ0) is 21.4. The summed E-state index contributed by atoms with van der Waals surface area (Å²) in [5, 5.41) is 20.0. The second-order valence-electron chi connectivity index (χ2n) is 6.48. The van der Waals surface area contributed by atoms with Crippen LogP contribution in [-0.2, 0) is 0 Å². The molecule has 1 amide bonds. The fraction of sp³-hybridized carbons (Fsp3) is 0.0500. The number of benzene rings is 2. The topological polar surface area (TPSA) is 121 Å². The summed E-state index contributed by atoms with van der Waals surface area (Å²) in [5.74, 6) is 0.941. The van der Waals surface area contributed by atoms with Crippen LogP contribution < -0.4 is 14.8 Å². The smallest absolute Gasteiger partial charge is 0.277 e. The summed E-state index contributed by atoms with van der Waals surface area (Å²) in [4.78, 5) is 27.3. The summed E-state index contributed by atoms with van der Waals surface area (Å²) in [6.45, 7) is 0.198. The van der Waals surface area contributed by atoms with Crippen molar-refractivity contribution in [2.24, 2.45) is 0 Å². The number of carbonyl (C=O) groups is 1. The molecule has 154 valence electrons. The van der Waals surface area contributed by atoms with Gasteiger partial charge in [-0.15, -0.1) is 11.3 Å². The van der Waals surface area contributed by atoms with Crippen molar-refractivity contribution >= 4 is 28.1 Å². The van der Waals surface area contributed by atoms with Crippen LogP contribution in [0.1, 0.15) is 10.5 Å². The van der Waals surface area contributed by atoms with Crippen molar-refractivity contribution in [2.75, 3.05) is 12.1 Å². The number of carbonyl (C=O) groups excluding carboxylic acids is 1. The van der Waals surface area contributed by atoms with E-state index in [1.807, 2.05) is 23.6 Å². The first-order valence-corrected chi connectivity index (χ1v) is 9.92. The first kappa shape index (κ1) is 18.8. The summed E-state index contributed by atoms with van der Waals surface area (Å²) < 4.78 is 12.2. The molecule has 2 aromatic carbocycles. The zero-order valence-corrected chi connectivity index (χ0v) is 16.5. The maximum Gasteiger partial charge on any atom is 0.277 e. The highest BCUT2D eigenvalue weighted by Gasteiger charge is 2.17. The van der Waals surface area contributed by atoms with Crippen molar-refractivity contribution < 1.29 is 19.2 Å². The third-order valence-corrected chi connectivity index (χ3v) is 5.30. The van der Waals surface area contributed by atoms with Crippen molar-refractivity contribution in [3.63, 3.8) is 0 Å². The molecule has 4 aromatic rings. The highest BCUT2D eigenvalue weighted by molar-refractivity contribution is 7.14. The molecule has 10 nitrogen and oxygen atoms in total. The number of anilines is 1. The number of rotatable bonds is 5. The lowest BCUT2D eigenvalue weighted by atomic mass is 10.1. The van der Waals surface area contributed by atoms with E-state index in [1.165, 1.54) is 28.2 Å². The lowest BCUT2D eigenvalue weighted by Crippen LogP contribution is -2.13. The van der Waals surface area contributed by atoms with Crippen LogP contribution in [0.3, 0.4) is 0 Å². The number of fused-ring (bicyclic) bond motifs is 1. The van der Waals surface area contributed by atoms with Crippen LogP contribution in [0, 0.1) is 10.1 Å². The van der Waals surface area contributed by atoms with E-state index in [0.29, 0.717) is 28.0 Å². The molecule has 0 saturated carbocycles. The Bertz CT molecular complexity index is 1300. The molecule has 0 radical (unpaired) electrons. The number of nitro groups is 1. The zero-order valence-electron chi connectivity index (χ0n) is 15.7. The van der Waals surface area contributed by atoms with Gasteiger partial charge in [0.25, 0.3) is 11.6 Å². The Morgan fingerprint density at radius 1 is 1.13 bits per heavy atom. The molecule has 0 atom stereocenters. The van der Waals surface area contributed by atoms with E-state index in [9.17, 15) is 14.9 Å². The third-order valence-electron chi connectivity index (χ3n) is 4.54. The summed E-state index contributed by atoms with van der Waals surface area (Å²) in [7, 11) is 0. The Hall–Kier alpha value is -4.25. The maximum atomic E-state index is 12.6. The van der Waals surface area contributed by atoms with Gasteiger partial charge in [-0.1, -0.05) is 0 Å². The second kappa shape index (κ2) is 7.54. The summed E-state index contributed by atoms with van der Waals surface area (Å²) in [6, 6.07) is 13.0. The van der Waals surface area contributed by atoms with Crippen LogP contribution in [0.25, 0.3) is 16.9 Å². The summed E-state index contributed by atoms with van der Waals surface area (Å²) >= 11 is 1.29. The standard InChI is InChI=1S/C20H13N5O5S/c26-19(15-7-8-24(23-15)13-2-4-14(5-3-13)25(27)28)22-20-21-16(10-31-20)12-1-6-17-18(9-12)30-11-29-17/h1-10H,11H2,(H,21,22,26). The Morgan fingerprint density at radius 2 is 1.94 bits per heavy atom. The molecule has 5 rings (SSSR count). The van der Waals surface area contributed by atoms with E-state index >= 15 is 0 Å². The number of ether oxygens (including phenoxy) is 2. The van der Waals surface area contributed by atoms with E-state index in [4.69, 9.17) is 9.47 Å². The fourth-order valence-corrected chi connectivity index (χ4v) is 3.71. The predicted molar refractivity (Wildman–Crippen MR) is 112 cm³/mol. The number of non-ortho nitro benzene ring substituents is 1. The quantitative estimate of drug-likeness (QED) is 0.373. The van der Waals surface area contributed by atoms with E-state index in [-0.39, 0.29) is 18.2 Å². The van der Waals surface area contributed by atoms with E-state index in [0.717, 1.165) is 5.56 Å². The van der Waals surface area contributed by atoms with E-state index in [2.05, 4.69) is 15.4 Å². The summed E-state index contributed by atoms with van der Waals surface area (Å²) in [6.07, 6.45) is 1.61. The van der Waals surface area contributed by atoms with Gasteiger partial charge in [0.1, 0.15) is 0 Å². The van der Waals surface area contributed by atoms with Crippen LogP contribution >= 0.6 is 11.3 Å². The SMILES string of the molecule is O=C(Nc1nc(-c2ccc3c(c2)OCO3)cs1)c1ccn(-c2ccc([N+](=O)[O-])cc2)n1. The molecule has 1 aliphatic rings. The summed E-state index contributed by atoms with van der Waals surface area (Å²) in [5.41, 5.74) is 2.33. The normalized spacial score (nSPS) is 12.0. The molecule has 31 heavy (non-hydrogen) atoms. The molecule has 3 heterocycles. The number of thiazole rings is 1. The van der Waals surface area contributed by atoms with Gasteiger partial charge in [-0.2, -0.15) is 5.10 Å². The number of amides is 1. The number of nitrogens with zero attached hydrogens (tertiary/aromatic N) is 4. The lowest BCUT2D eigenvalue weighted by molar-refractivity contribution is -0.384. The van der Waals surface area contributed by atoms with Crippen molar-refractivity contribution in [2.45, 2.75) is 0 Å². The molecular formula is C20H13N5O5S. The molecule has 0 unspecified atom stereocenters. The largest absolute Gasteiger partial charge is 0.454 e. The lowest BCUT2D eigenvalue weighted by Gasteiger charge is -2.01. The van der Waals surface area contributed by atoms with Gasteiger partial charge < -0.3 is 9.47 Å². The molecule has 0 bridgehead atoms. The maximum absolute atomic E-state index is 12.6. The molecule has 2 aromatic heterocycles. The highest BCUT2D eigenvalue weighted by atomic mass is 32.1. The van der Waals surface area contributed by atoms with Gasteiger partial charge in [-0.3, -0.25) is 20.2 Å². The van der Waals surface area contributed by atoms with Gasteiger partial charge in [-0.25, -0.2) is 9.67 Å². The van der Waals surface area contributed by atoms with E-state index in [1.54, 1.807) is 24.4 Å². The molecule has 0 saturated heterocycles. The average molecular weight is 435 g/mol. The van der Waals surface area contributed by atoms with Crippen molar-refractivity contribution in [1.82, 2.24) is 14.8 Å². The van der Waals surface area contributed by atoms with Crippen LogP contribution in [-0.4, -0.2) is 32.4 Å². The van der Waals surface area contributed by atoms with Gasteiger partial charge in [0, 0.05) is 29.3 Å². The number of nitrogens with one attached hydrogen (secondary N) is 1. The van der Waals surface area contributed by atoms with Crippen molar-refractivity contribution in [1.29, 1.82) is 0 Å². The Balaban J connectivity index is 1.29. The number of hydrogen-bond acceptors (Lipinski definition) is 8. The first-order valence-electron chi connectivity index (χ1n) is 9.04. The van der Waals surface area contributed by atoms with Gasteiger partial charge in [0.15, 0.2) is 22.3 Å². The minimum Gasteiger partial charge on any atom is -0.454 e. The van der Waals surface area contributed by atoms with Crippen LogP contribution in [0.4, 0.5) is 10.8 Å². The fourth-order valence-electron chi connectivity index (χ4n) is 3.00. The first-order chi connectivity index (χ1) is 15.1. The van der Waals surface area contributed by atoms with E-state index < -0.39 is 10.8 Å². The average Bonchev–Trinajstić information content (AvgIpc) is 3.53. The molecule has 0 aliphatic carbocycles. The molecular weight excluding hydrogens is 422 g/mol. The second-order valence-corrected chi connectivity index (χ2v) is 7.34. The van der Waals surface area contributed by atoms with Crippen LogP contribution in [0.2, 0.25) is 0 Å². The molecule has 1 aliphatic heterocycles. The Morgan fingerprint density at radius 3 is 2.74 bits per heavy atom. The number of hydrogen-bond donors (Lipinski definition) is 1. The molecule has 11 heteroatoms. The minimum atomic E-state index is -0.475. The molecule has 1 N–H and O–H groups in total. The minimum absolute atomic E-state index is 0.0177.